The van der Waals surface area contributed by atoms with Crippen molar-refractivity contribution in [2.24, 2.45) is 5.73 Å². The quantitative estimate of drug-likeness (QED) is 0.862. The molecule has 0 spiro atoms. The van der Waals surface area contributed by atoms with Crippen molar-refractivity contribution in [1.29, 1.82) is 5.26 Å². The van der Waals surface area contributed by atoms with Crippen molar-refractivity contribution in [3.8, 4) is 11.8 Å². The van der Waals surface area contributed by atoms with Crippen molar-refractivity contribution >= 4 is 11.6 Å². The number of benzene rings is 1. The Morgan fingerprint density at radius 3 is 2.86 bits per heavy atom. The summed E-state index contributed by atoms with van der Waals surface area (Å²) in [5.41, 5.74) is 14.5. The molecule has 1 aromatic heterocycles. The topological polar surface area (TPSA) is 96.9 Å². The summed E-state index contributed by atoms with van der Waals surface area (Å²) in [6, 6.07) is 10.2. The lowest BCUT2D eigenvalue weighted by Crippen LogP contribution is -2.27. The third kappa shape index (κ3) is 2.32. The molecule has 1 unspecified atom stereocenters. The molecule has 2 aromatic rings. The summed E-state index contributed by atoms with van der Waals surface area (Å²) < 4.78 is 1.63. The fourth-order valence-corrected chi connectivity index (χ4v) is 2.68. The van der Waals surface area contributed by atoms with E-state index in [1.54, 1.807) is 4.68 Å². The van der Waals surface area contributed by atoms with Gasteiger partial charge in [-0.1, -0.05) is 12.1 Å². The number of nitrogens with zero attached hydrogens (tertiary/aromatic N) is 4. The summed E-state index contributed by atoms with van der Waals surface area (Å²) in [4.78, 5) is 2.03. The molecule has 21 heavy (non-hydrogen) atoms. The standard InChI is InChI=1S/C15H18N6/c1-10-3-2-4-12(7-10)21-14(18)13(8-16)15(19-21)20-6-5-11(17)9-20/h2-4,7,11H,5-6,9,17-18H2,1H3. The van der Waals surface area contributed by atoms with Gasteiger partial charge in [0.25, 0.3) is 0 Å². The molecule has 1 atom stereocenters. The molecule has 2 heterocycles. The molecule has 6 nitrogen and oxygen atoms in total. The Labute approximate surface area is 123 Å². The number of nitriles is 1. The Kier molecular flexibility index (Phi) is 3.28. The SMILES string of the molecule is Cc1cccc(-n2nc(N3CCC(N)C3)c(C#N)c2N)c1. The number of anilines is 2. The van der Waals surface area contributed by atoms with E-state index >= 15 is 0 Å². The van der Waals surface area contributed by atoms with Gasteiger partial charge >= 0.3 is 0 Å². The highest BCUT2D eigenvalue weighted by Gasteiger charge is 2.26. The van der Waals surface area contributed by atoms with Crippen molar-refractivity contribution < 1.29 is 0 Å². The van der Waals surface area contributed by atoms with E-state index in [4.69, 9.17) is 11.5 Å². The second-order valence-electron chi connectivity index (χ2n) is 5.44. The van der Waals surface area contributed by atoms with Gasteiger partial charge < -0.3 is 16.4 Å². The van der Waals surface area contributed by atoms with Crippen LogP contribution in [-0.2, 0) is 0 Å². The minimum absolute atomic E-state index is 0.127. The third-order valence-electron chi connectivity index (χ3n) is 3.78. The van der Waals surface area contributed by atoms with Gasteiger partial charge in [-0.15, -0.1) is 5.10 Å². The third-order valence-corrected chi connectivity index (χ3v) is 3.78. The van der Waals surface area contributed by atoms with E-state index in [9.17, 15) is 5.26 Å². The molecule has 3 rings (SSSR count). The van der Waals surface area contributed by atoms with Gasteiger partial charge in [-0.2, -0.15) is 5.26 Å². The summed E-state index contributed by atoms with van der Waals surface area (Å²) in [6.07, 6.45) is 0.905. The van der Waals surface area contributed by atoms with Crippen LogP contribution in [0.25, 0.3) is 5.69 Å². The van der Waals surface area contributed by atoms with Crippen LogP contribution >= 0.6 is 0 Å². The van der Waals surface area contributed by atoms with Gasteiger partial charge in [0, 0.05) is 19.1 Å². The average Bonchev–Trinajstić information content (AvgIpc) is 3.02. The molecule has 1 aromatic carbocycles. The zero-order valence-electron chi connectivity index (χ0n) is 12.0. The number of rotatable bonds is 2. The number of nitrogens with two attached hydrogens (primary N) is 2. The van der Waals surface area contributed by atoms with Crippen LogP contribution in [0.4, 0.5) is 11.6 Å². The van der Waals surface area contributed by atoms with E-state index in [0.29, 0.717) is 23.7 Å². The van der Waals surface area contributed by atoms with E-state index < -0.39 is 0 Å². The zero-order chi connectivity index (χ0) is 15.0. The summed E-state index contributed by atoms with van der Waals surface area (Å²) in [6.45, 7) is 3.52. The van der Waals surface area contributed by atoms with Crippen LogP contribution in [0.2, 0.25) is 0 Å². The van der Waals surface area contributed by atoms with Crippen LogP contribution in [0.1, 0.15) is 17.5 Å². The van der Waals surface area contributed by atoms with Crippen LogP contribution in [-0.4, -0.2) is 28.9 Å². The Hall–Kier alpha value is -2.52. The van der Waals surface area contributed by atoms with Gasteiger partial charge in [0.05, 0.1) is 5.69 Å². The van der Waals surface area contributed by atoms with Crippen LogP contribution in [0.3, 0.4) is 0 Å². The van der Waals surface area contributed by atoms with Gasteiger partial charge in [-0.25, -0.2) is 4.68 Å². The second kappa shape index (κ2) is 5.11. The van der Waals surface area contributed by atoms with E-state index in [-0.39, 0.29) is 6.04 Å². The lowest BCUT2D eigenvalue weighted by molar-refractivity contribution is 0.750. The van der Waals surface area contributed by atoms with E-state index in [1.807, 2.05) is 36.1 Å². The van der Waals surface area contributed by atoms with Gasteiger partial charge in [-0.05, 0) is 31.0 Å². The molecule has 1 saturated heterocycles. The molecule has 0 aliphatic carbocycles. The molecule has 0 amide bonds. The first-order valence-electron chi connectivity index (χ1n) is 6.96. The average molecular weight is 282 g/mol. The minimum Gasteiger partial charge on any atom is -0.382 e. The molecule has 1 aliphatic heterocycles. The molecular weight excluding hydrogens is 264 g/mol. The number of aryl methyl sites for hydroxylation is 1. The highest BCUT2D eigenvalue weighted by molar-refractivity contribution is 5.67. The molecule has 6 heteroatoms. The normalized spacial score (nSPS) is 18.0. The Bertz CT molecular complexity index is 711. The molecule has 1 fully saturated rings. The number of hydrogen-bond acceptors (Lipinski definition) is 5. The second-order valence-corrected chi connectivity index (χ2v) is 5.44. The van der Waals surface area contributed by atoms with Crippen LogP contribution in [0.15, 0.2) is 24.3 Å². The Morgan fingerprint density at radius 2 is 2.24 bits per heavy atom. The lowest BCUT2D eigenvalue weighted by atomic mass is 10.2. The predicted octanol–water partition coefficient (Wildman–Crippen LogP) is 1.17. The maximum Gasteiger partial charge on any atom is 0.171 e. The largest absolute Gasteiger partial charge is 0.382 e. The summed E-state index contributed by atoms with van der Waals surface area (Å²) in [5.74, 6) is 1.00. The molecule has 108 valence electrons. The molecule has 0 saturated carbocycles. The van der Waals surface area contributed by atoms with Gasteiger partial charge in [0.2, 0.25) is 0 Å². The van der Waals surface area contributed by atoms with Crippen LogP contribution in [0, 0.1) is 18.3 Å². The van der Waals surface area contributed by atoms with Crippen molar-refractivity contribution in [2.45, 2.75) is 19.4 Å². The van der Waals surface area contributed by atoms with Crippen LogP contribution in [0.5, 0.6) is 0 Å². The van der Waals surface area contributed by atoms with E-state index in [2.05, 4.69) is 11.2 Å². The van der Waals surface area contributed by atoms with Crippen molar-refractivity contribution in [3.63, 3.8) is 0 Å². The van der Waals surface area contributed by atoms with Crippen molar-refractivity contribution in [3.05, 3.63) is 35.4 Å². The maximum atomic E-state index is 9.40. The highest BCUT2D eigenvalue weighted by atomic mass is 15.4. The molecule has 0 radical (unpaired) electrons. The molecular formula is C15H18N6. The number of hydrogen-bond donors (Lipinski definition) is 2. The zero-order valence-corrected chi connectivity index (χ0v) is 12.0. The summed E-state index contributed by atoms with van der Waals surface area (Å²) in [7, 11) is 0. The lowest BCUT2D eigenvalue weighted by Gasteiger charge is -2.14. The first kappa shape index (κ1) is 13.5. The fourth-order valence-electron chi connectivity index (χ4n) is 2.68. The maximum absolute atomic E-state index is 9.40. The van der Waals surface area contributed by atoms with E-state index in [0.717, 1.165) is 24.2 Å². The summed E-state index contributed by atoms with van der Waals surface area (Å²) >= 11 is 0. The Morgan fingerprint density at radius 1 is 1.43 bits per heavy atom. The number of aromatic nitrogens is 2. The molecule has 4 N–H and O–H groups in total. The fraction of sp³-hybridized carbons (Fsp3) is 0.333. The summed E-state index contributed by atoms with van der Waals surface area (Å²) in [5, 5.41) is 13.9. The smallest absolute Gasteiger partial charge is 0.171 e. The molecule has 0 bridgehead atoms. The monoisotopic (exact) mass is 282 g/mol. The Balaban J connectivity index is 2.08. The van der Waals surface area contributed by atoms with Gasteiger partial charge in [0.1, 0.15) is 17.5 Å². The minimum atomic E-state index is 0.127. The highest BCUT2D eigenvalue weighted by Crippen LogP contribution is 2.29. The van der Waals surface area contributed by atoms with Gasteiger partial charge in [0.15, 0.2) is 5.82 Å². The van der Waals surface area contributed by atoms with Gasteiger partial charge in [-0.3, -0.25) is 0 Å². The first-order chi connectivity index (χ1) is 10.1. The van der Waals surface area contributed by atoms with E-state index in [1.165, 1.54) is 0 Å². The van der Waals surface area contributed by atoms with Crippen molar-refractivity contribution in [2.75, 3.05) is 23.7 Å². The van der Waals surface area contributed by atoms with Crippen molar-refractivity contribution in [1.82, 2.24) is 9.78 Å². The number of nitrogen functional groups attached to an aromatic ring is 1. The predicted molar refractivity (Wildman–Crippen MR) is 82.2 cm³/mol. The molecule has 1 aliphatic rings. The van der Waals surface area contributed by atoms with Crippen LogP contribution < -0.4 is 16.4 Å². The first-order valence-corrected chi connectivity index (χ1v) is 6.96.